The highest BCUT2D eigenvalue weighted by Crippen LogP contribution is 2.27. The average molecular weight is 362 g/mol. The minimum atomic E-state index is -1.94. The van der Waals surface area contributed by atoms with Gasteiger partial charge in [0.1, 0.15) is 0 Å². The molecule has 3 N–H and O–H groups in total. The number of carbonyl (C=O) groups is 2. The topological polar surface area (TPSA) is 86.6 Å². The second kappa shape index (κ2) is 7.66. The van der Waals surface area contributed by atoms with Crippen molar-refractivity contribution in [2.45, 2.75) is 23.8 Å². The van der Waals surface area contributed by atoms with Gasteiger partial charge in [0.05, 0.1) is 6.54 Å². The minimum absolute atomic E-state index is 0.252. The number of aliphatic hydroxyl groups is 1. The van der Waals surface area contributed by atoms with Crippen LogP contribution >= 0.6 is 27.7 Å². The van der Waals surface area contributed by atoms with Gasteiger partial charge in [-0.3, -0.25) is 4.79 Å². The van der Waals surface area contributed by atoms with Crippen molar-refractivity contribution in [2.75, 3.05) is 12.3 Å². The Morgan fingerprint density at radius 1 is 1.40 bits per heavy atom. The van der Waals surface area contributed by atoms with Gasteiger partial charge >= 0.3 is 5.97 Å². The average Bonchev–Trinajstić information content (AvgIpc) is 2.38. The van der Waals surface area contributed by atoms with Crippen LogP contribution in [0.2, 0.25) is 0 Å². The summed E-state index contributed by atoms with van der Waals surface area (Å²) in [6.45, 7) is 0.840. The molecule has 0 aromatic heterocycles. The molecule has 0 aliphatic carbocycles. The number of aliphatic carboxylic acids is 1. The van der Waals surface area contributed by atoms with Gasteiger partial charge in [-0.05, 0) is 35.0 Å². The van der Waals surface area contributed by atoms with Crippen molar-refractivity contribution in [3.63, 3.8) is 0 Å². The van der Waals surface area contributed by atoms with E-state index in [4.69, 9.17) is 5.11 Å². The van der Waals surface area contributed by atoms with Crippen molar-refractivity contribution in [2.24, 2.45) is 0 Å². The van der Waals surface area contributed by atoms with Crippen LogP contribution in [0.15, 0.2) is 33.6 Å². The van der Waals surface area contributed by atoms with Gasteiger partial charge in [-0.15, -0.1) is 11.8 Å². The van der Waals surface area contributed by atoms with Crippen LogP contribution < -0.4 is 5.32 Å². The molecule has 5 nitrogen and oxygen atoms in total. The van der Waals surface area contributed by atoms with Crippen molar-refractivity contribution in [1.82, 2.24) is 5.32 Å². The van der Waals surface area contributed by atoms with Crippen LogP contribution in [-0.4, -0.2) is 40.0 Å². The van der Waals surface area contributed by atoms with E-state index in [-0.39, 0.29) is 18.9 Å². The number of thioether (sulfide) groups is 1. The zero-order valence-corrected chi connectivity index (χ0v) is 13.3. The van der Waals surface area contributed by atoms with Crippen molar-refractivity contribution >= 4 is 39.6 Å². The van der Waals surface area contributed by atoms with Gasteiger partial charge in [0, 0.05) is 21.5 Å². The predicted octanol–water partition coefficient (Wildman–Crippen LogP) is 1.88. The lowest BCUT2D eigenvalue weighted by atomic mass is 10.1. The summed E-state index contributed by atoms with van der Waals surface area (Å²) in [4.78, 5) is 23.2. The fourth-order valence-corrected chi connectivity index (χ4v) is 2.77. The summed E-state index contributed by atoms with van der Waals surface area (Å²) in [5, 5.41) is 20.6. The third-order valence-electron chi connectivity index (χ3n) is 2.51. The maximum absolute atomic E-state index is 11.5. The summed E-state index contributed by atoms with van der Waals surface area (Å²) in [5.41, 5.74) is -1.94. The van der Waals surface area contributed by atoms with Crippen LogP contribution in [0.1, 0.15) is 13.3 Å². The van der Waals surface area contributed by atoms with E-state index in [1.165, 1.54) is 11.8 Å². The Labute approximate surface area is 129 Å². The maximum atomic E-state index is 11.5. The number of amides is 1. The van der Waals surface area contributed by atoms with E-state index < -0.39 is 11.6 Å². The van der Waals surface area contributed by atoms with E-state index in [0.29, 0.717) is 5.75 Å². The molecule has 1 aromatic carbocycles. The Bertz CT molecular complexity index is 493. The molecule has 7 heteroatoms. The van der Waals surface area contributed by atoms with Crippen LogP contribution in [0.25, 0.3) is 0 Å². The summed E-state index contributed by atoms with van der Waals surface area (Å²) >= 11 is 4.95. The van der Waals surface area contributed by atoms with Crippen molar-refractivity contribution < 1.29 is 19.8 Å². The highest BCUT2D eigenvalue weighted by atomic mass is 79.9. The van der Waals surface area contributed by atoms with Crippen molar-refractivity contribution in [3.05, 3.63) is 28.7 Å². The van der Waals surface area contributed by atoms with E-state index in [1.54, 1.807) is 0 Å². The molecule has 0 fully saturated rings. The minimum Gasteiger partial charge on any atom is -0.479 e. The first kappa shape index (κ1) is 17.0. The van der Waals surface area contributed by atoms with Crippen LogP contribution in [0.5, 0.6) is 0 Å². The van der Waals surface area contributed by atoms with Crippen LogP contribution in [0.4, 0.5) is 0 Å². The summed E-state index contributed by atoms with van der Waals surface area (Å²) < 4.78 is 0.971. The van der Waals surface area contributed by atoms with Gasteiger partial charge in [0.15, 0.2) is 5.60 Å². The zero-order valence-electron chi connectivity index (χ0n) is 10.9. The molecule has 110 valence electrons. The first-order chi connectivity index (χ1) is 9.33. The Hall–Kier alpha value is -1.05. The largest absolute Gasteiger partial charge is 0.479 e. The first-order valence-electron chi connectivity index (χ1n) is 5.93. The SMILES string of the molecule is CC(O)(CNC(=O)CCSc1ccccc1Br)C(=O)O. The Kier molecular flexibility index (Phi) is 6.51. The number of rotatable bonds is 7. The molecule has 0 radical (unpaired) electrons. The Balaban J connectivity index is 2.31. The van der Waals surface area contributed by atoms with E-state index >= 15 is 0 Å². The third-order valence-corrected chi connectivity index (χ3v) is 4.54. The summed E-state index contributed by atoms with van der Waals surface area (Å²) in [7, 11) is 0. The predicted molar refractivity (Wildman–Crippen MR) is 80.8 cm³/mol. The molecule has 1 amide bonds. The summed E-state index contributed by atoms with van der Waals surface area (Å²) in [6.07, 6.45) is 0.252. The molecule has 1 rings (SSSR count). The quantitative estimate of drug-likeness (QED) is 0.645. The van der Waals surface area contributed by atoms with Crippen LogP contribution in [0, 0.1) is 0 Å². The highest BCUT2D eigenvalue weighted by Gasteiger charge is 2.30. The van der Waals surface area contributed by atoms with Crippen molar-refractivity contribution in [1.29, 1.82) is 0 Å². The molecular formula is C13H16BrNO4S. The lowest BCUT2D eigenvalue weighted by molar-refractivity contribution is -0.156. The molecule has 0 saturated heterocycles. The number of carbonyl (C=O) groups excluding carboxylic acids is 1. The normalized spacial score (nSPS) is 13.6. The fraction of sp³-hybridized carbons (Fsp3) is 0.385. The van der Waals surface area contributed by atoms with Gasteiger partial charge in [-0.25, -0.2) is 4.79 Å². The molecule has 1 unspecified atom stereocenters. The molecule has 0 heterocycles. The van der Waals surface area contributed by atoms with Gasteiger partial charge in [-0.1, -0.05) is 12.1 Å². The Morgan fingerprint density at radius 2 is 2.05 bits per heavy atom. The maximum Gasteiger partial charge on any atom is 0.337 e. The summed E-state index contributed by atoms with van der Waals surface area (Å²) in [6, 6.07) is 7.69. The number of hydrogen-bond donors (Lipinski definition) is 3. The lowest BCUT2D eigenvalue weighted by Gasteiger charge is -2.18. The first-order valence-corrected chi connectivity index (χ1v) is 7.70. The number of hydrogen-bond acceptors (Lipinski definition) is 4. The smallest absolute Gasteiger partial charge is 0.337 e. The van der Waals surface area contributed by atoms with E-state index in [1.807, 2.05) is 24.3 Å². The summed E-state index contributed by atoms with van der Waals surface area (Å²) in [5.74, 6) is -1.07. The van der Waals surface area contributed by atoms with Gasteiger partial charge in [0.2, 0.25) is 5.91 Å². The van der Waals surface area contributed by atoms with E-state index in [9.17, 15) is 14.7 Å². The number of carboxylic acids is 1. The third kappa shape index (κ3) is 5.52. The zero-order chi connectivity index (χ0) is 15.2. The molecule has 1 atom stereocenters. The second-order valence-electron chi connectivity index (χ2n) is 4.38. The number of halogens is 1. The molecule has 0 aliphatic rings. The second-order valence-corrected chi connectivity index (χ2v) is 6.38. The molecule has 1 aromatic rings. The number of benzene rings is 1. The molecule has 0 bridgehead atoms. The number of carboxylic acid groups (broad SMARTS) is 1. The molecule has 0 aliphatic heterocycles. The van der Waals surface area contributed by atoms with Gasteiger partial charge in [-0.2, -0.15) is 0 Å². The van der Waals surface area contributed by atoms with Gasteiger partial charge < -0.3 is 15.5 Å². The number of nitrogens with one attached hydrogen (secondary N) is 1. The highest BCUT2D eigenvalue weighted by molar-refractivity contribution is 9.10. The standard InChI is InChI=1S/C13H16BrNO4S/c1-13(19,12(17)18)8-15-11(16)6-7-20-10-5-3-2-4-9(10)14/h2-5,19H,6-8H2,1H3,(H,15,16)(H,17,18). The molecule has 0 saturated carbocycles. The molecular weight excluding hydrogens is 346 g/mol. The monoisotopic (exact) mass is 361 g/mol. The van der Waals surface area contributed by atoms with Crippen molar-refractivity contribution in [3.8, 4) is 0 Å². The lowest BCUT2D eigenvalue weighted by Crippen LogP contribution is -2.46. The Morgan fingerprint density at radius 3 is 2.65 bits per heavy atom. The van der Waals surface area contributed by atoms with Gasteiger partial charge in [0.25, 0.3) is 0 Å². The fourth-order valence-electron chi connectivity index (χ4n) is 1.25. The van der Waals surface area contributed by atoms with Crippen LogP contribution in [0.3, 0.4) is 0 Å². The molecule has 20 heavy (non-hydrogen) atoms. The van der Waals surface area contributed by atoms with E-state index in [2.05, 4.69) is 21.2 Å². The van der Waals surface area contributed by atoms with E-state index in [0.717, 1.165) is 16.3 Å². The van der Waals surface area contributed by atoms with Crippen LogP contribution in [-0.2, 0) is 9.59 Å². The molecule has 0 spiro atoms.